The van der Waals surface area contributed by atoms with Gasteiger partial charge in [-0.25, -0.2) is 4.98 Å². The van der Waals surface area contributed by atoms with Gasteiger partial charge < -0.3 is 20.5 Å². The summed E-state index contributed by atoms with van der Waals surface area (Å²) in [5.41, 5.74) is 0.428. The minimum atomic E-state index is -0.205. The Morgan fingerprint density at radius 1 is 1.28 bits per heavy atom. The summed E-state index contributed by atoms with van der Waals surface area (Å²) in [6.07, 6.45) is 9.24. The lowest BCUT2D eigenvalue weighted by molar-refractivity contribution is -0.121. The number of para-hydroxylation sites is 1. The van der Waals surface area contributed by atoms with Crippen molar-refractivity contribution >= 4 is 16.8 Å². The van der Waals surface area contributed by atoms with E-state index in [0.29, 0.717) is 17.4 Å². The molecule has 1 aromatic carbocycles. The number of nitrogens with one attached hydrogen (secondary N) is 2. The molecule has 1 aliphatic rings. The molecule has 0 aliphatic heterocycles. The average molecular weight is 445 g/mol. The number of aliphatic hydroxyl groups excluding tert-OH is 1. The zero-order valence-electron chi connectivity index (χ0n) is 19.5. The zero-order chi connectivity index (χ0) is 23.8. The number of carbonyl (C=O) groups is 1. The minimum absolute atomic E-state index is 0.0303. The van der Waals surface area contributed by atoms with E-state index in [0.717, 1.165) is 25.1 Å². The second kappa shape index (κ2) is 15.8. The molecule has 1 heterocycles. The van der Waals surface area contributed by atoms with Gasteiger partial charge in [-0.15, -0.1) is 0 Å². The van der Waals surface area contributed by atoms with Gasteiger partial charge in [-0.2, -0.15) is 0 Å². The van der Waals surface area contributed by atoms with Crippen molar-refractivity contribution in [2.75, 3.05) is 26.8 Å². The first kappa shape index (κ1) is 27.1. The van der Waals surface area contributed by atoms with E-state index in [9.17, 15) is 9.59 Å². The van der Waals surface area contributed by atoms with Crippen LogP contribution in [0.3, 0.4) is 0 Å². The molecular formula is C24H36N4O4. The second-order valence-electron chi connectivity index (χ2n) is 6.69. The van der Waals surface area contributed by atoms with Crippen molar-refractivity contribution in [1.29, 1.82) is 0 Å². The highest BCUT2D eigenvalue weighted by Gasteiger charge is 2.09. The number of ether oxygens (including phenoxy) is 1. The Hall–Kier alpha value is -2.97. The van der Waals surface area contributed by atoms with E-state index in [1.54, 1.807) is 32.2 Å². The van der Waals surface area contributed by atoms with Crippen LogP contribution in [0.25, 0.3) is 10.9 Å². The smallest absolute Gasteiger partial charge is 0.261 e. The molecular weight excluding hydrogens is 408 g/mol. The number of fused-ring (bicyclic) bond motifs is 1. The van der Waals surface area contributed by atoms with Crippen LogP contribution < -0.4 is 16.2 Å². The number of benzene rings is 1. The van der Waals surface area contributed by atoms with Gasteiger partial charge >= 0.3 is 0 Å². The van der Waals surface area contributed by atoms with Gasteiger partial charge in [0.1, 0.15) is 12.3 Å². The highest BCUT2D eigenvalue weighted by molar-refractivity contribution is 5.78. The number of amides is 1. The number of nitrogens with zero attached hydrogens (tertiary/aromatic N) is 2. The first-order valence-corrected chi connectivity index (χ1v) is 11.1. The molecule has 2 aromatic rings. The number of methoxy groups -OCH3 is 1. The fourth-order valence-corrected chi connectivity index (χ4v) is 2.96. The van der Waals surface area contributed by atoms with Crippen LogP contribution in [-0.2, 0) is 16.1 Å². The third-order valence-electron chi connectivity index (χ3n) is 4.40. The lowest BCUT2D eigenvalue weighted by Gasteiger charge is -2.17. The summed E-state index contributed by atoms with van der Waals surface area (Å²) in [6.45, 7) is 7.23. The summed E-state index contributed by atoms with van der Waals surface area (Å²) >= 11 is 0. The predicted molar refractivity (Wildman–Crippen MR) is 128 cm³/mol. The molecule has 32 heavy (non-hydrogen) atoms. The van der Waals surface area contributed by atoms with Gasteiger partial charge in [0.15, 0.2) is 0 Å². The van der Waals surface area contributed by atoms with Crippen molar-refractivity contribution in [3.05, 3.63) is 64.9 Å². The summed E-state index contributed by atoms with van der Waals surface area (Å²) < 4.78 is 6.55. The maximum absolute atomic E-state index is 12.4. The molecule has 8 nitrogen and oxygen atoms in total. The van der Waals surface area contributed by atoms with Gasteiger partial charge in [-0.3, -0.25) is 14.2 Å². The number of hydrogen-bond donors (Lipinski definition) is 3. The van der Waals surface area contributed by atoms with Crippen LogP contribution in [-0.4, -0.2) is 53.4 Å². The lowest BCUT2D eigenvalue weighted by atomic mass is 10.1. The largest absolute Gasteiger partial charge is 0.497 e. The Bertz CT molecular complexity index is 937. The van der Waals surface area contributed by atoms with Gasteiger partial charge in [0.2, 0.25) is 5.91 Å². The van der Waals surface area contributed by atoms with Crippen LogP contribution in [0.1, 0.15) is 33.6 Å². The second-order valence-corrected chi connectivity index (χ2v) is 6.69. The van der Waals surface area contributed by atoms with Crippen LogP contribution in [0.5, 0.6) is 0 Å². The molecule has 1 atom stereocenters. The summed E-state index contributed by atoms with van der Waals surface area (Å²) in [5, 5.41) is 14.3. The van der Waals surface area contributed by atoms with Crippen LogP contribution in [0, 0.1) is 0 Å². The molecule has 1 unspecified atom stereocenters. The number of aromatic nitrogens is 2. The molecule has 0 saturated carbocycles. The van der Waals surface area contributed by atoms with E-state index in [-0.39, 0.29) is 30.7 Å². The summed E-state index contributed by atoms with van der Waals surface area (Å²) in [4.78, 5) is 28.7. The molecule has 0 spiro atoms. The van der Waals surface area contributed by atoms with E-state index in [1.807, 2.05) is 26.0 Å². The molecule has 1 aromatic heterocycles. The summed E-state index contributed by atoms with van der Waals surface area (Å²) in [7, 11) is 1.66. The fraction of sp³-hybridized carbons (Fsp3) is 0.458. The van der Waals surface area contributed by atoms with E-state index in [2.05, 4.69) is 27.8 Å². The normalized spacial score (nSPS) is 14.4. The standard InChI is InChI=1S/C20H24N4O3.C2H6O.C2H6/c1-27-16-7-4-6-15(12-16)21-10-5-11-22-19(25)13-24-14-23-18-9-3-2-8-17(18)20(24)26;1-2-3;1-2/h2-4,7-9,12,14-15,21H,5-6,10-11,13H2,1H3,(H,22,25);3H,2H2,1H3;1-2H3. The van der Waals surface area contributed by atoms with E-state index in [1.165, 1.54) is 10.9 Å². The van der Waals surface area contributed by atoms with Crippen molar-refractivity contribution in [3.8, 4) is 0 Å². The van der Waals surface area contributed by atoms with Gasteiger partial charge in [-0.05, 0) is 50.6 Å². The Morgan fingerprint density at radius 3 is 2.72 bits per heavy atom. The lowest BCUT2D eigenvalue weighted by Crippen LogP contribution is -2.35. The molecule has 0 saturated heterocycles. The Balaban J connectivity index is 0.000000944. The monoisotopic (exact) mass is 444 g/mol. The first-order valence-electron chi connectivity index (χ1n) is 11.1. The van der Waals surface area contributed by atoms with Crippen LogP contribution in [0.4, 0.5) is 0 Å². The molecule has 1 aliphatic carbocycles. The maximum Gasteiger partial charge on any atom is 0.261 e. The van der Waals surface area contributed by atoms with E-state index >= 15 is 0 Å². The summed E-state index contributed by atoms with van der Waals surface area (Å²) in [6, 6.07) is 7.36. The van der Waals surface area contributed by atoms with Gasteiger partial charge in [0.05, 0.1) is 24.3 Å². The van der Waals surface area contributed by atoms with Crippen LogP contribution in [0.15, 0.2) is 59.4 Å². The van der Waals surface area contributed by atoms with Crippen LogP contribution in [0.2, 0.25) is 0 Å². The van der Waals surface area contributed by atoms with Crippen molar-refractivity contribution in [1.82, 2.24) is 20.2 Å². The zero-order valence-corrected chi connectivity index (χ0v) is 19.5. The van der Waals surface area contributed by atoms with E-state index < -0.39 is 0 Å². The van der Waals surface area contributed by atoms with Crippen molar-refractivity contribution < 1.29 is 14.6 Å². The Kier molecular flexibility index (Phi) is 13.3. The minimum Gasteiger partial charge on any atom is -0.497 e. The highest BCUT2D eigenvalue weighted by atomic mass is 16.5. The molecule has 0 fully saturated rings. The average Bonchev–Trinajstić information content (AvgIpc) is 2.83. The molecule has 1 amide bonds. The third-order valence-corrected chi connectivity index (χ3v) is 4.40. The maximum atomic E-state index is 12.4. The van der Waals surface area contributed by atoms with Crippen LogP contribution >= 0.6 is 0 Å². The van der Waals surface area contributed by atoms with Gasteiger partial charge in [-0.1, -0.05) is 32.1 Å². The number of aliphatic hydroxyl groups is 1. The number of hydrogen-bond acceptors (Lipinski definition) is 6. The Morgan fingerprint density at radius 2 is 2.00 bits per heavy atom. The fourth-order valence-electron chi connectivity index (χ4n) is 2.96. The van der Waals surface area contributed by atoms with Crippen molar-refractivity contribution in [2.45, 2.75) is 46.2 Å². The number of allylic oxidation sites excluding steroid dienone is 1. The predicted octanol–water partition coefficient (Wildman–Crippen LogP) is 2.38. The Labute approximate surface area is 190 Å². The van der Waals surface area contributed by atoms with Gasteiger partial charge in [0, 0.05) is 19.2 Å². The quantitative estimate of drug-likeness (QED) is 0.540. The third kappa shape index (κ3) is 9.03. The first-order chi connectivity index (χ1) is 15.6. The topological polar surface area (TPSA) is 105 Å². The van der Waals surface area contributed by atoms with E-state index in [4.69, 9.17) is 9.84 Å². The molecule has 8 heteroatoms. The molecule has 3 rings (SSSR count). The number of carbonyl (C=O) groups excluding carboxylic acids is 1. The van der Waals surface area contributed by atoms with Crippen molar-refractivity contribution in [3.63, 3.8) is 0 Å². The van der Waals surface area contributed by atoms with Crippen molar-refractivity contribution in [2.24, 2.45) is 0 Å². The summed E-state index contributed by atoms with van der Waals surface area (Å²) in [5.74, 6) is 0.665. The van der Waals surface area contributed by atoms with Gasteiger partial charge in [0.25, 0.3) is 5.56 Å². The molecule has 3 N–H and O–H groups in total. The molecule has 176 valence electrons. The SMILES string of the molecule is CC.CCO.COC1=CC(NCCCNC(=O)Cn2cnc3ccccc3c2=O)CC=C1. The highest BCUT2D eigenvalue weighted by Crippen LogP contribution is 2.10. The number of rotatable bonds is 8. The molecule has 0 radical (unpaired) electrons. The molecule has 0 bridgehead atoms.